The lowest BCUT2D eigenvalue weighted by molar-refractivity contribution is 0.0925. The molecule has 1 aliphatic rings. The molecule has 4 heteroatoms. The Hall–Kier alpha value is -0.900. The van der Waals surface area contributed by atoms with Gasteiger partial charge in [-0.15, -0.1) is 0 Å². The summed E-state index contributed by atoms with van der Waals surface area (Å²) in [5, 5.41) is 3.08. The van der Waals surface area contributed by atoms with Crippen LogP contribution in [0.5, 0.6) is 0 Å². The van der Waals surface area contributed by atoms with Crippen molar-refractivity contribution in [3.8, 4) is 0 Å². The third kappa shape index (κ3) is 3.16. The first-order valence-electron chi connectivity index (χ1n) is 6.78. The van der Waals surface area contributed by atoms with E-state index in [-0.39, 0.29) is 17.8 Å². The van der Waals surface area contributed by atoms with Crippen LogP contribution >= 0.6 is 15.9 Å². The van der Waals surface area contributed by atoms with Crippen LogP contribution in [0, 0.1) is 17.7 Å². The molecule has 2 rings (SSSR count). The molecule has 1 aromatic rings. The number of hydrogen-bond acceptors (Lipinski definition) is 1. The van der Waals surface area contributed by atoms with Crippen molar-refractivity contribution in [3.63, 3.8) is 0 Å². The van der Waals surface area contributed by atoms with E-state index in [0.717, 1.165) is 12.8 Å². The zero-order valence-electron chi connectivity index (χ0n) is 11.2. The number of carbonyl (C=O) groups is 1. The second kappa shape index (κ2) is 6.04. The molecule has 1 amide bonds. The molecule has 2 nitrogen and oxygen atoms in total. The minimum Gasteiger partial charge on any atom is -0.349 e. The van der Waals surface area contributed by atoms with Gasteiger partial charge < -0.3 is 5.32 Å². The molecular formula is C15H19BrFNO. The van der Waals surface area contributed by atoms with E-state index in [9.17, 15) is 9.18 Å². The molecule has 1 aliphatic carbocycles. The van der Waals surface area contributed by atoms with E-state index in [1.165, 1.54) is 24.6 Å². The molecule has 3 atom stereocenters. The molecule has 104 valence electrons. The van der Waals surface area contributed by atoms with Crippen LogP contribution in [0.15, 0.2) is 22.7 Å². The predicted octanol–water partition coefficient (Wildman–Crippen LogP) is 4.14. The Balaban J connectivity index is 2.05. The number of rotatable bonds is 3. The Bertz CT molecular complexity index is 477. The molecule has 3 unspecified atom stereocenters. The molecule has 0 bridgehead atoms. The monoisotopic (exact) mass is 327 g/mol. The summed E-state index contributed by atoms with van der Waals surface area (Å²) in [4.78, 5) is 12.2. The molecule has 1 N–H and O–H groups in total. The highest BCUT2D eigenvalue weighted by molar-refractivity contribution is 9.10. The molecule has 0 heterocycles. The molecule has 0 saturated heterocycles. The van der Waals surface area contributed by atoms with Crippen molar-refractivity contribution >= 4 is 21.8 Å². The number of benzene rings is 1. The van der Waals surface area contributed by atoms with Gasteiger partial charge in [-0.1, -0.05) is 20.3 Å². The molecular weight excluding hydrogens is 309 g/mol. The maximum atomic E-state index is 13.0. The Morgan fingerprint density at radius 2 is 2.21 bits per heavy atom. The Kier molecular flexibility index (Phi) is 4.61. The van der Waals surface area contributed by atoms with Crippen molar-refractivity contribution < 1.29 is 9.18 Å². The summed E-state index contributed by atoms with van der Waals surface area (Å²) in [5.74, 6) is 0.735. The lowest BCUT2D eigenvalue weighted by atomic mass is 9.93. The molecule has 1 fully saturated rings. The predicted molar refractivity (Wildman–Crippen MR) is 77.5 cm³/mol. The number of amides is 1. The maximum absolute atomic E-state index is 13.0. The van der Waals surface area contributed by atoms with Gasteiger partial charge in [-0.25, -0.2) is 4.39 Å². The molecule has 1 aromatic carbocycles. The fourth-order valence-corrected chi connectivity index (χ4v) is 3.48. The van der Waals surface area contributed by atoms with E-state index in [0.29, 0.717) is 21.9 Å². The second-order valence-electron chi connectivity index (χ2n) is 5.31. The first-order chi connectivity index (χ1) is 9.02. The molecule has 0 aliphatic heterocycles. The molecule has 0 radical (unpaired) electrons. The summed E-state index contributed by atoms with van der Waals surface area (Å²) >= 11 is 3.24. The van der Waals surface area contributed by atoms with Crippen LogP contribution in [0.25, 0.3) is 0 Å². The van der Waals surface area contributed by atoms with Crippen molar-refractivity contribution in [3.05, 3.63) is 34.1 Å². The van der Waals surface area contributed by atoms with E-state index in [1.54, 1.807) is 0 Å². The minimum absolute atomic E-state index is 0.125. The van der Waals surface area contributed by atoms with Crippen molar-refractivity contribution in [2.75, 3.05) is 0 Å². The normalized spacial score (nSPS) is 26.4. The molecule has 0 aromatic heterocycles. The van der Waals surface area contributed by atoms with Crippen molar-refractivity contribution in [2.24, 2.45) is 11.8 Å². The van der Waals surface area contributed by atoms with E-state index >= 15 is 0 Å². The van der Waals surface area contributed by atoms with Gasteiger partial charge in [-0.2, -0.15) is 0 Å². The quantitative estimate of drug-likeness (QED) is 0.888. The average molecular weight is 328 g/mol. The van der Waals surface area contributed by atoms with Gasteiger partial charge in [0.2, 0.25) is 0 Å². The summed E-state index contributed by atoms with van der Waals surface area (Å²) in [6.45, 7) is 4.40. The largest absolute Gasteiger partial charge is 0.349 e. The number of nitrogens with one attached hydrogen (secondary N) is 1. The third-order valence-corrected chi connectivity index (χ3v) is 4.90. The topological polar surface area (TPSA) is 29.1 Å². The third-order valence-electron chi connectivity index (χ3n) is 4.24. The van der Waals surface area contributed by atoms with Gasteiger partial charge >= 0.3 is 0 Å². The van der Waals surface area contributed by atoms with Crippen molar-refractivity contribution in [1.29, 1.82) is 0 Å². The van der Waals surface area contributed by atoms with Crippen molar-refractivity contribution in [1.82, 2.24) is 5.32 Å². The van der Waals surface area contributed by atoms with Crippen LogP contribution in [-0.4, -0.2) is 11.9 Å². The van der Waals surface area contributed by atoms with Crippen LogP contribution in [0.2, 0.25) is 0 Å². The average Bonchev–Trinajstić information content (AvgIpc) is 2.70. The fraction of sp³-hybridized carbons (Fsp3) is 0.533. The van der Waals surface area contributed by atoms with E-state index in [2.05, 4.69) is 35.1 Å². The van der Waals surface area contributed by atoms with Crippen molar-refractivity contribution in [2.45, 2.75) is 39.2 Å². The van der Waals surface area contributed by atoms with Gasteiger partial charge in [0, 0.05) is 10.5 Å². The van der Waals surface area contributed by atoms with E-state index in [4.69, 9.17) is 0 Å². The van der Waals surface area contributed by atoms with Gasteiger partial charge in [-0.3, -0.25) is 4.79 Å². The Morgan fingerprint density at radius 3 is 2.79 bits per heavy atom. The highest BCUT2D eigenvalue weighted by Crippen LogP contribution is 2.34. The second-order valence-corrected chi connectivity index (χ2v) is 6.16. The summed E-state index contributed by atoms with van der Waals surface area (Å²) in [6, 6.07) is 4.38. The Morgan fingerprint density at radius 1 is 1.47 bits per heavy atom. The highest BCUT2D eigenvalue weighted by atomic mass is 79.9. The zero-order valence-corrected chi connectivity index (χ0v) is 12.8. The van der Waals surface area contributed by atoms with E-state index < -0.39 is 0 Å². The molecule has 0 spiro atoms. The van der Waals surface area contributed by atoms with Gasteiger partial charge in [0.05, 0.1) is 5.56 Å². The fourth-order valence-electron chi connectivity index (χ4n) is 2.95. The molecule has 1 saturated carbocycles. The molecule has 19 heavy (non-hydrogen) atoms. The highest BCUT2D eigenvalue weighted by Gasteiger charge is 2.32. The summed E-state index contributed by atoms with van der Waals surface area (Å²) in [7, 11) is 0. The van der Waals surface area contributed by atoms with E-state index in [1.807, 2.05) is 0 Å². The summed E-state index contributed by atoms with van der Waals surface area (Å²) in [5.41, 5.74) is 0.494. The maximum Gasteiger partial charge on any atom is 0.252 e. The zero-order chi connectivity index (χ0) is 14.0. The van der Waals surface area contributed by atoms with Crippen LogP contribution in [0.3, 0.4) is 0 Å². The standard InChI is InChI=1S/C15H19BrFNO/c1-3-10-4-7-14(9(10)2)18-15(19)12-6-5-11(17)8-13(12)16/h5-6,8-10,14H,3-4,7H2,1-2H3,(H,18,19). The van der Waals surface area contributed by atoms with Crippen LogP contribution in [0.4, 0.5) is 4.39 Å². The van der Waals surface area contributed by atoms with Crippen LogP contribution < -0.4 is 5.32 Å². The number of halogens is 2. The lowest BCUT2D eigenvalue weighted by Crippen LogP contribution is -2.37. The van der Waals surface area contributed by atoms with Gasteiger partial charge in [0.1, 0.15) is 5.82 Å². The first-order valence-corrected chi connectivity index (χ1v) is 7.58. The van der Waals surface area contributed by atoms with Gasteiger partial charge in [0.15, 0.2) is 0 Å². The van der Waals surface area contributed by atoms with Gasteiger partial charge in [-0.05, 0) is 58.8 Å². The number of hydrogen-bond donors (Lipinski definition) is 1. The summed E-state index contributed by atoms with van der Waals surface area (Å²) in [6.07, 6.45) is 3.37. The smallest absolute Gasteiger partial charge is 0.252 e. The number of carbonyl (C=O) groups excluding carboxylic acids is 1. The SMILES string of the molecule is CCC1CCC(NC(=O)c2ccc(F)cc2Br)C1C. The minimum atomic E-state index is -0.344. The first kappa shape index (κ1) is 14.5. The van der Waals surface area contributed by atoms with Gasteiger partial charge in [0.25, 0.3) is 5.91 Å². The lowest BCUT2D eigenvalue weighted by Gasteiger charge is -2.21. The van der Waals surface area contributed by atoms with Crippen LogP contribution in [0.1, 0.15) is 43.5 Å². The van der Waals surface area contributed by atoms with Crippen LogP contribution in [-0.2, 0) is 0 Å². The Labute approximate surface area is 121 Å². The summed E-state index contributed by atoms with van der Waals surface area (Å²) < 4.78 is 13.5.